The van der Waals surface area contributed by atoms with Crippen molar-refractivity contribution in [1.29, 1.82) is 0 Å². The molecule has 1 amide bonds. The molecule has 2 aromatic rings. The van der Waals surface area contributed by atoms with Gasteiger partial charge in [-0.05, 0) is 37.5 Å². The summed E-state index contributed by atoms with van der Waals surface area (Å²) in [6.07, 6.45) is -2.55. The van der Waals surface area contributed by atoms with Crippen LogP contribution in [-0.2, 0) is 11.0 Å². The molecule has 162 valence electrons. The van der Waals surface area contributed by atoms with E-state index in [0.717, 1.165) is 24.5 Å². The Kier molecular flexibility index (Phi) is 6.33. The molecule has 1 saturated carbocycles. The number of hydrogen-bond acceptors (Lipinski definition) is 6. The molecule has 1 aliphatic rings. The molecule has 1 atom stereocenters. The summed E-state index contributed by atoms with van der Waals surface area (Å²) in [5.74, 6) is 0.412. The summed E-state index contributed by atoms with van der Waals surface area (Å²) in [7, 11) is 3.22. The predicted molar refractivity (Wildman–Crippen MR) is 107 cm³/mol. The molecular formula is C20H24F3N5O2. The maximum absolute atomic E-state index is 13.1. The number of carbonyl (C=O) groups excluding carboxylic acids is 1. The van der Waals surface area contributed by atoms with Crippen molar-refractivity contribution in [1.82, 2.24) is 15.3 Å². The van der Waals surface area contributed by atoms with Crippen molar-refractivity contribution >= 4 is 17.7 Å². The number of alkyl halides is 3. The van der Waals surface area contributed by atoms with Crippen molar-refractivity contribution in [3.63, 3.8) is 0 Å². The number of amides is 1. The van der Waals surface area contributed by atoms with Gasteiger partial charge in [0.2, 0.25) is 5.95 Å². The van der Waals surface area contributed by atoms with Gasteiger partial charge in [0, 0.05) is 26.2 Å². The quantitative estimate of drug-likeness (QED) is 0.678. The van der Waals surface area contributed by atoms with Crippen LogP contribution in [0.2, 0.25) is 0 Å². The Balaban J connectivity index is 1.64. The van der Waals surface area contributed by atoms with Gasteiger partial charge in [-0.3, -0.25) is 4.79 Å². The first kappa shape index (κ1) is 21.7. The first-order valence-corrected chi connectivity index (χ1v) is 9.54. The molecule has 30 heavy (non-hydrogen) atoms. The van der Waals surface area contributed by atoms with Crippen LogP contribution in [0.4, 0.5) is 24.9 Å². The molecule has 2 N–H and O–H groups in total. The first-order chi connectivity index (χ1) is 14.1. The molecule has 0 saturated heterocycles. The highest BCUT2D eigenvalue weighted by Gasteiger charge is 2.34. The lowest BCUT2D eigenvalue weighted by atomic mass is 10.1. The number of rotatable bonds is 8. The summed E-state index contributed by atoms with van der Waals surface area (Å²) in [5, 5.41) is 5.75. The highest BCUT2D eigenvalue weighted by molar-refractivity contribution is 5.78. The molecule has 1 aromatic heterocycles. The number of halogens is 3. The number of ether oxygens (including phenoxy) is 1. The monoisotopic (exact) mass is 423 g/mol. The molecule has 1 aliphatic carbocycles. The van der Waals surface area contributed by atoms with Gasteiger partial charge in [-0.2, -0.15) is 18.2 Å². The van der Waals surface area contributed by atoms with E-state index in [4.69, 9.17) is 4.74 Å². The fourth-order valence-electron chi connectivity index (χ4n) is 2.65. The topological polar surface area (TPSA) is 79.4 Å². The van der Waals surface area contributed by atoms with Crippen LogP contribution < -0.4 is 20.3 Å². The van der Waals surface area contributed by atoms with Crippen molar-refractivity contribution in [2.75, 3.05) is 30.9 Å². The summed E-state index contributed by atoms with van der Waals surface area (Å²) < 4.78 is 44.9. The summed E-state index contributed by atoms with van der Waals surface area (Å²) >= 11 is 0. The Morgan fingerprint density at radius 3 is 2.47 bits per heavy atom. The van der Waals surface area contributed by atoms with Gasteiger partial charge in [0.05, 0.1) is 6.04 Å². The van der Waals surface area contributed by atoms with Crippen LogP contribution in [0.5, 0.6) is 5.75 Å². The van der Waals surface area contributed by atoms with Gasteiger partial charge in [-0.15, -0.1) is 0 Å². The molecule has 1 heterocycles. The second-order valence-corrected chi connectivity index (χ2v) is 7.39. The number of nitrogens with one attached hydrogen (secondary N) is 2. The summed E-state index contributed by atoms with van der Waals surface area (Å²) in [5.41, 5.74) is -0.207. The second-order valence-electron chi connectivity index (χ2n) is 7.39. The van der Waals surface area contributed by atoms with Gasteiger partial charge in [-0.25, -0.2) is 4.98 Å². The zero-order chi connectivity index (χ0) is 21.9. The maximum atomic E-state index is 13.1. The van der Waals surface area contributed by atoms with Crippen LogP contribution in [0.25, 0.3) is 0 Å². The molecule has 0 radical (unpaired) electrons. The van der Waals surface area contributed by atoms with Crippen molar-refractivity contribution < 1.29 is 22.7 Å². The molecule has 1 aromatic carbocycles. The molecule has 3 rings (SSSR count). The molecule has 1 unspecified atom stereocenters. The average Bonchev–Trinajstić information content (AvgIpc) is 3.49. The first-order valence-electron chi connectivity index (χ1n) is 9.54. The van der Waals surface area contributed by atoms with Crippen LogP contribution >= 0.6 is 0 Å². The third kappa shape index (κ3) is 5.98. The van der Waals surface area contributed by atoms with Crippen LogP contribution in [-0.4, -0.2) is 42.6 Å². The van der Waals surface area contributed by atoms with Crippen molar-refractivity contribution in [2.24, 2.45) is 0 Å². The van der Waals surface area contributed by atoms with E-state index < -0.39 is 11.9 Å². The van der Waals surface area contributed by atoms with Crippen LogP contribution in [0.3, 0.4) is 0 Å². The summed E-state index contributed by atoms with van der Waals surface area (Å²) in [6, 6.07) is 7.78. The highest BCUT2D eigenvalue weighted by Crippen LogP contribution is 2.31. The van der Waals surface area contributed by atoms with E-state index >= 15 is 0 Å². The Morgan fingerprint density at radius 1 is 1.23 bits per heavy atom. The van der Waals surface area contributed by atoms with Gasteiger partial charge in [-0.1, -0.05) is 12.1 Å². The Labute approximate surface area is 172 Å². The van der Waals surface area contributed by atoms with E-state index in [9.17, 15) is 18.0 Å². The Hall–Kier alpha value is -3.04. The number of aromatic nitrogens is 2. The van der Waals surface area contributed by atoms with Gasteiger partial charge in [0.1, 0.15) is 11.6 Å². The predicted octanol–water partition coefficient (Wildman–Crippen LogP) is 3.39. The minimum atomic E-state index is -4.57. The fourth-order valence-corrected chi connectivity index (χ4v) is 2.65. The van der Waals surface area contributed by atoms with Gasteiger partial charge < -0.3 is 20.3 Å². The number of anilines is 2. The molecule has 7 nitrogen and oxygen atoms in total. The van der Waals surface area contributed by atoms with E-state index in [1.807, 2.05) is 0 Å². The minimum absolute atomic E-state index is 0.0605. The lowest BCUT2D eigenvalue weighted by molar-refractivity contribution is -0.141. The van der Waals surface area contributed by atoms with Gasteiger partial charge in [0.15, 0.2) is 12.3 Å². The number of hydrogen-bond donors (Lipinski definition) is 2. The number of benzene rings is 1. The van der Waals surface area contributed by atoms with E-state index in [-0.39, 0.29) is 36.4 Å². The molecule has 10 heteroatoms. The lowest BCUT2D eigenvalue weighted by Gasteiger charge is -2.19. The lowest BCUT2D eigenvalue weighted by Crippen LogP contribution is -2.30. The zero-order valence-corrected chi connectivity index (χ0v) is 17.0. The molecule has 0 spiro atoms. The average molecular weight is 423 g/mol. The number of nitrogens with zero attached hydrogens (tertiary/aromatic N) is 3. The highest BCUT2D eigenvalue weighted by atomic mass is 19.4. The van der Waals surface area contributed by atoms with Crippen LogP contribution in [0.15, 0.2) is 30.3 Å². The van der Waals surface area contributed by atoms with Crippen LogP contribution in [0.1, 0.15) is 37.1 Å². The van der Waals surface area contributed by atoms with Gasteiger partial charge in [0.25, 0.3) is 5.91 Å². The normalized spacial score (nSPS) is 14.7. The molecule has 0 bridgehead atoms. The van der Waals surface area contributed by atoms with Crippen LogP contribution in [0, 0.1) is 0 Å². The van der Waals surface area contributed by atoms with Crippen molar-refractivity contribution in [3.8, 4) is 5.75 Å². The van der Waals surface area contributed by atoms with E-state index in [1.54, 1.807) is 45.3 Å². The SMILES string of the molecule is CC(Nc1nc(N(C)C)cc(C(F)(F)F)n1)c1ccc(OCC(=O)NC2CC2)cc1. The van der Waals surface area contributed by atoms with E-state index in [0.29, 0.717) is 5.75 Å². The molecular weight excluding hydrogens is 399 g/mol. The fraction of sp³-hybridized carbons (Fsp3) is 0.450. The Morgan fingerprint density at radius 2 is 1.90 bits per heavy atom. The largest absolute Gasteiger partial charge is 0.484 e. The van der Waals surface area contributed by atoms with Crippen molar-refractivity contribution in [2.45, 2.75) is 38.0 Å². The Bertz CT molecular complexity index is 883. The molecule has 1 fully saturated rings. The summed E-state index contributed by atoms with van der Waals surface area (Å²) in [4.78, 5) is 20.9. The minimum Gasteiger partial charge on any atom is -0.484 e. The summed E-state index contributed by atoms with van der Waals surface area (Å²) in [6.45, 7) is 1.73. The molecule has 0 aliphatic heterocycles. The van der Waals surface area contributed by atoms with Gasteiger partial charge >= 0.3 is 6.18 Å². The smallest absolute Gasteiger partial charge is 0.433 e. The standard InChI is InChI=1S/C20H24F3N5O2/c1-12(24-19-26-16(20(21,22)23)10-17(27-19)28(2)3)13-4-8-15(9-5-13)30-11-18(29)25-14-6-7-14/h4-5,8-10,12,14H,6-7,11H2,1-3H3,(H,25,29)(H,24,26,27). The third-order valence-electron chi connectivity index (χ3n) is 4.50. The van der Waals surface area contributed by atoms with E-state index in [2.05, 4.69) is 20.6 Å². The van der Waals surface area contributed by atoms with E-state index in [1.165, 1.54) is 4.90 Å². The maximum Gasteiger partial charge on any atom is 0.433 e. The number of carbonyl (C=O) groups is 1. The zero-order valence-electron chi connectivity index (χ0n) is 17.0. The van der Waals surface area contributed by atoms with Crippen molar-refractivity contribution in [3.05, 3.63) is 41.6 Å². The third-order valence-corrected chi connectivity index (χ3v) is 4.50. The second kappa shape index (κ2) is 8.76.